The maximum Gasteiger partial charge on any atom is 0.120 e. The molecule has 1 aliphatic rings. The van der Waals surface area contributed by atoms with Gasteiger partial charge < -0.3 is 15.5 Å². The maximum absolute atomic E-state index is 9.76. The Morgan fingerprint density at radius 3 is 2.65 bits per heavy atom. The number of aromatic hydroxyl groups is 2. The SMILES string of the molecule is CC(CC1CC1)NC(C)c1cc(O)ccc1O. The molecule has 1 aromatic rings. The monoisotopic (exact) mass is 235 g/mol. The van der Waals surface area contributed by atoms with Gasteiger partial charge in [-0.05, 0) is 44.4 Å². The van der Waals surface area contributed by atoms with Crippen LogP contribution in [0.3, 0.4) is 0 Å². The second kappa shape index (κ2) is 4.96. The van der Waals surface area contributed by atoms with Gasteiger partial charge in [-0.2, -0.15) is 0 Å². The molecule has 0 spiro atoms. The van der Waals surface area contributed by atoms with Crippen molar-refractivity contribution in [2.24, 2.45) is 5.92 Å². The zero-order chi connectivity index (χ0) is 12.4. The van der Waals surface area contributed by atoms with Gasteiger partial charge in [0.1, 0.15) is 11.5 Å². The quantitative estimate of drug-likeness (QED) is 0.688. The van der Waals surface area contributed by atoms with E-state index in [1.807, 2.05) is 6.92 Å². The van der Waals surface area contributed by atoms with Crippen molar-refractivity contribution in [1.29, 1.82) is 0 Å². The Morgan fingerprint density at radius 1 is 1.29 bits per heavy atom. The molecule has 94 valence electrons. The number of rotatable bonds is 5. The van der Waals surface area contributed by atoms with Crippen molar-refractivity contribution >= 4 is 0 Å². The molecule has 2 unspecified atom stereocenters. The summed E-state index contributed by atoms with van der Waals surface area (Å²) in [7, 11) is 0. The topological polar surface area (TPSA) is 52.5 Å². The van der Waals surface area contributed by atoms with Crippen molar-refractivity contribution in [3.05, 3.63) is 23.8 Å². The summed E-state index contributed by atoms with van der Waals surface area (Å²) in [5.74, 6) is 1.32. The molecule has 0 radical (unpaired) electrons. The van der Waals surface area contributed by atoms with Crippen LogP contribution in [0.5, 0.6) is 11.5 Å². The van der Waals surface area contributed by atoms with Gasteiger partial charge in [-0.1, -0.05) is 12.8 Å². The Balaban J connectivity index is 1.97. The summed E-state index contributed by atoms with van der Waals surface area (Å²) in [4.78, 5) is 0. The van der Waals surface area contributed by atoms with Crippen LogP contribution in [-0.4, -0.2) is 16.3 Å². The van der Waals surface area contributed by atoms with E-state index < -0.39 is 0 Å². The van der Waals surface area contributed by atoms with Gasteiger partial charge in [-0.15, -0.1) is 0 Å². The van der Waals surface area contributed by atoms with Crippen LogP contribution < -0.4 is 5.32 Å². The summed E-state index contributed by atoms with van der Waals surface area (Å²) in [5.41, 5.74) is 0.757. The minimum Gasteiger partial charge on any atom is -0.508 e. The van der Waals surface area contributed by atoms with Crippen LogP contribution in [0.15, 0.2) is 18.2 Å². The lowest BCUT2D eigenvalue weighted by Gasteiger charge is -2.21. The molecule has 1 aliphatic carbocycles. The molecule has 1 aromatic carbocycles. The molecule has 2 rings (SSSR count). The largest absolute Gasteiger partial charge is 0.508 e. The lowest BCUT2D eigenvalue weighted by Crippen LogP contribution is -2.29. The highest BCUT2D eigenvalue weighted by atomic mass is 16.3. The van der Waals surface area contributed by atoms with Crippen molar-refractivity contribution in [2.75, 3.05) is 0 Å². The van der Waals surface area contributed by atoms with Crippen LogP contribution in [0.4, 0.5) is 0 Å². The van der Waals surface area contributed by atoms with Gasteiger partial charge in [0, 0.05) is 17.6 Å². The van der Waals surface area contributed by atoms with E-state index in [0.29, 0.717) is 6.04 Å². The van der Waals surface area contributed by atoms with E-state index in [1.165, 1.54) is 31.4 Å². The van der Waals surface area contributed by atoms with Crippen LogP contribution in [0.1, 0.15) is 44.7 Å². The first-order valence-electron chi connectivity index (χ1n) is 6.34. The molecule has 0 amide bonds. The Bertz CT molecular complexity index is 388. The van der Waals surface area contributed by atoms with Crippen LogP contribution in [0.2, 0.25) is 0 Å². The fraction of sp³-hybridized carbons (Fsp3) is 0.571. The van der Waals surface area contributed by atoms with E-state index >= 15 is 0 Å². The fourth-order valence-electron chi connectivity index (χ4n) is 2.33. The Kier molecular flexibility index (Phi) is 3.57. The van der Waals surface area contributed by atoms with Crippen molar-refractivity contribution in [3.63, 3.8) is 0 Å². The van der Waals surface area contributed by atoms with E-state index in [0.717, 1.165) is 11.5 Å². The standard InChI is InChI=1S/C14H21NO2/c1-9(7-11-3-4-11)15-10(2)13-8-12(16)5-6-14(13)17/h5-6,8-11,15-17H,3-4,7H2,1-2H3. The first kappa shape index (κ1) is 12.2. The molecule has 0 aromatic heterocycles. The minimum atomic E-state index is 0.0517. The number of nitrogens with one attached hydrogen (secondary N) is 1. The maximum atomic E-state index is 9.76. The number of hydrogen-bond acceptors (Lipinski definition) is 3. The van der Waals surface area contributed by atoms with E-state index in [2.05, 4.69) is 12.2 Å². The first-order valence-corrected chi connectivity index (χ1v) is 6.34. The summed E-state index contributed by atoms with van der Waals surface area (Å²) in [5, 5.41) is 22.7. The summed E-state index contributed by atoms with van der Waals surface area (Å²) in [6, 6.07) is 5.15. The van der Waals surface area contributed by atoms with Crippen molar-refractivity contribution < 1.29 is 10.2 Å². The Hall–Kier alpha value is -1.22. The molecule has 2 atom stereocenters. The zero-order valence-electron chi connectivity index (χ0n) is 10.5. The highest BCUT2D eigenvalue weighted by Gasteiger charge is 2.24. The van der Waals surface area contributed by atoms with Crippen molar-refractivity contribution in [3.8, 4) is 11.5 Å². The number of hydrogen-bond donors (Lipinski definition) is 3. The molecule has 3 N–H and O–H groups in total. The third-order valence-corrected chi connectivity index (χ3v) is 3.40. The van der Waals surface area contributed by atoms with Gasteiger partial charge in [0.2, 0.25) is 0 Å². The number of phenols is 2. The van der Waals surface area contributed by atoms with E-state index in [9.17, 15) is 10.2 Å². The van der Waals surface area contributed by atoms with Crippen molar-refractivity contribution in [1.82, 2.24) is 5.32 Å². The molecular formula is C14H21NO2. The summed E-state index contributed by atoms with van der Waals surface area (Å²) in [6.07, 6.45) is 3.92. The number of benzene rings is 1. The van der Waals surface area contributed by atoms with Crippen LogP contribution in [-0.2, 0) is 0 Å². The molecule has 1 fully saturated rings. The molecule has 0 bridgehead atoms. The summed E-state index contributed by atoms with van der Waals surface area (Å²) >= 11 is 0. The lowest BCUT2D eigenvalue weighted by atomic mass is 10.0. The van der Waals surface area contributed by atoms with Gasteiger partial charge >= 0.3 is 0 Å². The normalized spacial score (nSPS) is 18.9. The van der Waals surface area contributed by atoms with Gasteiger partial charge in [-0.25, -0.2) is 0 Å². The average Bonchev–Trinajstić information content (AvgIpc) is 3.05. The minimum absolute atomic E-state index is 0.0517. The predicted octanol–water partition coefficient (Wildman–Crippen LogP) is 2.94. The third-order valence-electron chi connectivity index (χ3n) is 3.40. The van der Waals surface area contributed by atoms with Gasteiger partial charge in [0.15, 0.2) is 0 Å². The molecule has 0 heterocycles. The van der Waals surface area contributed by atoms with Gasteiger partial charge in [0.25, 0.3) is 0 Å². The van der Waals surface area contributed by atoms with Crippen LogP contribution in [0, 0.1) is 5.92 Å². The zero-order valence-corrected chi connectivity index (χ0v) is 10.5. The number of phenolic OH excluding ortho intramolecular Hbond substituents is 2. The predicted molar refractivity (Wildman–Crippen MR) is 68.1 cm³/mol. The van der Waals surface area contributed by atoms with E-state index in [-0.39, 0.29) is 17.5 Å². The first-order chi connectivity index (χ1) is 8.06. The molecule has 0 saturated heterocycles. The van der Waals surface area contributed by atoms with Crippen molar-refractivity contribution in [2.45, 2.75) is 45.2 Å². The van der Waals surface area contributed by atoms with Gasteiger partial charge in [0.05, 0.1) is 0 Å². The second-order valence-corrected chi connectivity index (χ2v) is 5.21. The molecule has 0 aliphatic heterocycles. The smallest absolute Gasteiger partial charge is 0.120 e. The van der Waals surface area contributed by atoms with Crippen LogP contribution >= 0.6 is 0 Å². The molecule has 3 heteroatoms. The summed E-state index contributed by atoms with van der Waals surface area (Å²) < 4.78 is 0. The van der Waals surface area contributed by atoms with Gasteiger partial charge in [-0.3, -0.25) is 0 Å². The Morgan fingerprint density at radius 2 is 2.00 bits per heavy atom. The van der Waals surface area contributed by atoms with E-state index in [1.54, 1.807) is 6.07 Å². The fourth-order valence-corrected chi connectivity index (χ4v) is 2.33. The molecule has 3 nitrogen and oxygen atoms in total. The van der Waals surface area contributed by atoms with Crippen LogP contribution in [0.25, 0.3) is 0 Å². The highest BCUT2D eigenvalue weighted by molar-refractivity contribution is 5.40. The lowest BCUT2D eigenvalue weighted by molar-refractivity contribution is 0.411. The molecular weight excluding hydrogens is 214 g/mol. The average molecular weight is 235 g/mol. The highest BCUT2D eigenvalue weighted by Crippen LogP contribution is 2.34. The van der Waals surface area contributed by atoms with E-state index in [4.69, 9.17) is 0 Å². The third kappa shape index (κ3) is 3.37. The molecule has 17 heavy (non-hydrogen) atoms. The Labute approximate surface area is 102 Å². The summed E-state index contributed by atoms with van der Waals surface area (Å²) in [6.45, 7) is 4.19. The second-order valence-electron chi connectivity index (χ2n) is 5.21. The molecule has 1 saturated carbocycles.